The fourth-order valence-electron chi connectivity index (χ4n) is 3.40. The Morgan fingerprint density at radius 1 is 1.25 bits per heavy atom. The second-order valence-electron chi connectivity index (χ2n) is 6.19. The minimum Gasteiger partial charge on any atom is -0.340 e. The molecule has 2 aromatic carbocycles. The summed E-state index contributed by atoms with van der Waals surface area (Å²) in [6.45, 7) is 0.718. The highest BCUT2D eigenvalue weighted by atomic mass is 19.1. The molecule has 3 aromatic rings. The summed E-state index contributed by atoms with van der Waals surface area (Å²) in [4.78, 5) is 22.5. The number of para-hydroxylation sites is 2. The van der Waals surface area contributed by atoms with Crippen molar-refractivity contribution in [3.8, 4) is 0 Å². The van der Waals surface area contributed by atoms with Gasteiger partial charge in [0.25, 0.3) is 0 Å². The molecule has 4 rings (SSSR count). The first-order valence-corrected chi connectivity index (χ1v) is 8.19. The van der Waals surface area contributed by atoms with Gasteiger partial charge in [-0.25, -0.2) is 9.37 Å². The number of benzene rings is 2. The maximum atomic E-state index is 13.3. The van der Waals surface area contributed by atoms with Crippen LogP contribution in [0.2, 0.25) is 0 Å². The Balaban J connectivity index is 1.56. The van der Waals surface area contributed by atoms with Gasteiger partial charge < -0.3 is 9.88 Å². The van der Waals surface area contributed by atoms with E-state index in [-0.39, 0.29) is 24.2 Å². The number of hydrogen-bond donors (Lipinski definition) is 1. The van der Waals surface area contributed by atoms with Crippen molar-refractivity contribution in [1.29, 1.82) is 0 Å². The van der Waals surface area contributed by atoms with E-state index in [1.807, 2.05) is 29.2 Å². The maximum absolute atomic E-state index is 13.3. The molecular formula is C19H18FN3O. The largest absolute Gasteiger partial charge is 0.340 e. The lowest BCUT2D eigenvalue weighted by atomic mass is 10.1. The van der Waals surface area contributed by atoms with E-state index in [9.17, 15) is 9.18 Å². The van der Waals surface area contributed by atoms with E-state index in [2.05, 4.69) is 9.97 Å². The molecule has 0 radical (unpaired) electrons. The molecule has 24 heavy (non-hydrogen) atoms. The molecule has 1 unspecified atom stereocenters. The molecule has 4 nitrogen and oxygen atoms in total. The van der Waals surface area contributed by atoms with Gasteiger partial charge in [-0.05, 0) is 42.7 Å². The van der Waals surface area contributed by atoms with Crippen LogP contribution in [0.3, 0.4) is 0 Å². The number of amides is 1. The number of aromatic amines is 1. The number of hydrogen-bond acceptors (Lipinski definition) is 2. The van der Waals surface area contributed by atoms with Gasteiger partial charge in [0, 0.05) is 6.54 Å². The van der Waals surface area contributed by atoms with Crippen molar-refractivity contribution in [2.75, 3.05) is 6.54 Å². The molecule has 122 valence electrons. The summed E-state index contributed by atoms with van der Waals surface area (Å²) in [5.74, 6) is 0.542. The zero-order chi connectivity index (χ0) is 16.5. The van der Waals surface area contributed by atoms with E-state index in [1.54, 1.807) is 12.1 Å². The Morgan fingerprint density at radius 2 is 2.12 bits per heavy atom. The van der Waals surface area contributed by atoms with Crippen LogP contribution < -0.4 is 0 Å². The Hall–Kier alpha value is -2.69. The number of nitrogens with one attached hydrogen (secondary N) is 1. The van der Waals surface area contributed by atoms with Gasteiger partial charge in [-0.15, -0.1) is 0 Å². The van der Waals surface area contributed by atoms with Gasteiger partial charge in [0.05, 0.1) is 23.5 Å². The van der Waals surface area contributed by atoms with E-state index >= 15 is 0 Å². The van der Waals surface area contributed by atoms with Gasteiger partial charge in [-0.1, -0.05) is 24.3 Å². The highest BCUT2D eigenvalue weighted by molar-refractivity contribution is 5.80. The number of halogens is 1. The molecular weight excluding hydrogens is 305 g/mol. The van der Waals surface area contributed by atoms with Gasteiger partial charge in [-0.3, -0.25) is 4.79 Å². The van der Waals surface area contributed by atoms with Crippen LogP contribution in [0.25, 0.3) is 11.0 Å². The Morgan fingerprint density at radius 3 is 2.96 bits per heavy atom. The number of likely N-dealkylation sites (tertiary alicyclic amines) is 1. The number of fused-ring (bicyclic) bond motifs is 1. The van der Waals surface area contributed by atoms with Crippen LogP contribution >= 0.6 is 0 Å². The molecule has 0 saturated carbocycles. The first-order valence-electron chi connectivity index (χ1n) is 8.19. The van der Waals surface area contributed by atoms with E-state index in [0.717, 1.165) is 36.2 Å². The molecule has 1 saturated heterocycles. The van der Waals surface area contributed by atoms with E-state index in [1.165, 1.54) is 12.1 Å². The van der Waals surface area contributed by atoms with Crippen molar-refractivity contribution in [2.24, 2.45) is 0 Å². The fourth-order valence-corrected chi connectivity index (χ4v) is 3.40. The summed E-state index contributed by atoms with van der Waals surface area (Å²) < 4.78 is 13.3. The molecule has 1 amide bonds. The Bertz CT molecular complexity index is 856. The number of H-pyrrole nitrogens is 1. The van der Waals surface area contributed by atoms with Crippen LogP contribution in [0, 0.1) is 5.82 Å². The quantitative estimate of drug-likeness (QED) is 0.800. The first-order chi connectivity index (χ1) is 11.7. The molecule has 0 bridgehead atoms. The lowest BCUT2D eigenvalue weighted by molar-refractivity contribution is -0.131. The summed E-state index contributed by atoms with van der Waals surface area (Å²) in [5.41, 5.74) is 2.60. The third-order valence-corrected chi connectivity index (χ3v) is 4.54. The standard InChI is InChI=1S/C19H18FN3O/c20-14-6-3-5-13(11-14)12-18(24)23-10-4-9-17(23)19-21-15-7-1-2-8-16(15)22-19/h1-3,5-8,11,17H,4,9-10,12H2,(H,21,22). The van der Waals surface area contributed by atoms with Gasteiger partial charge in [0.2, 0.25) is 5.91 Å². The SMILES string of the molecule is O=C(Cc1cccc(F)c1)N1CCCC1c1nc2ccccc2[nH]1. The minimum atomic E-state index is -0.310. The average molecular weight is 323 g/mol. The summed E-state index contributed by atoms with van der Waals surface area (Å²) in [5, 5.41) is 0. The molecule has 1 N–H and O–H groups in total. The predicted octanol–water partition coefficient (Wildman–Crippen LogP) is 3.61. The third kappa shape index (κ3) is 2.77. The minimum absolute atomic E-state index is 0.0172. The van der Waals surface area contributed by atoms with Crippen molar-refractivity contribution in [1.82, 2.24) is 14.9 Å². The second-order valence-corrected chi connectivity index (χ2v) is 6.19. The predicted molar refractivity (Wildman–Crippen MR) is 89.9 cm³/mol. The van der Waals surface area contributed by atoms with E-state index in [0.29, 0.717) is 5.56 Å². The van der Waals surface area contributed by atoms with Crippen molar-refractivity contribution < 1.29 is 9.18 Å². The van der Waals surface area contributed by atoms with Gasteiger partial charge in [-0.2, -0.15) is 0 Å². The highest BCUT2D eigenvalue weighted by Crippen LogP contribution is 2.31. The highest BCUT2D eigenvalue weighted by Gasteiger charge is 2.31. The topological polar surface area (TPSA) is 49.0 Å². The number of imidazole rings is 1. The number of aromatic nitrogens is 2. The van der Waals surface area contributed by atoms with Crippen molar-refractivity contribution in [2.45, 2.75) is 25.3 Å². The average Bonchev–Trinajstić information content (AvgIpc) is 3.21. The summed E-state index contributed by atoms with van der Waals surface area (Å²) in [7, 11) is 0. The monoisotopic (exact) mass is 323 g/mol. The first kappa shape index (κ1) is 14.9. The normalized spacial score (nSPS) is 17.5. The van der Waals surface area contributed by atoms with E-state index in [4.69, 9.17) is 0 Å². The number of rotatable bonds is 3. The van der Waals surface area contributed by atoms with Crippen LogP contribution in [0.1, 0.15) is 30.3 Å². The van der Waals surface area contributed by atoms with Crippen molar-refractivity contribution >= 4 is 16.9 Å². The van der Waals surface area contributed by atoms with Crippen LogP contribution in [-0.4, -0.2) is 27.3 Å². The second kappa shape index (κ2) is 6.07. The number of nitrogens with zero attached hydrogens (tertiary/aromatic N) is 2. The fraction of sp³-hybridized carbons (Fsp3) is 0.263. The maximum Gasteiger partial charge on any atom is 0.227 e. The van der Waals surface area contributed by atoms with Gasteiger partial charge >= 0.3 is 0 Å². The molecule has 1 fully saturated rings. The van der Waals surface area contributed by atoms with Gasteiger partial charge in [0.1, 0.15) is 11.6 Å². The molecule has 2 heterocycles. The molecule has 1 aromatic heterocycles. The molecule has 0 aliphatic carbocycles. The summed E-state index contributed by atoms with van der Waals surface area (Å²) in [6.07, 6.45) is 2.07. The van der Waals surface area contributed by atoms with Crippen LogP contribution in [-0.2, 0) is 11.2 Å². The van der Waals surface area contributed by atoms with Crippen molar-refractivity contribution in [3.05, 3.63) is 65.7 Å². The summed E-state index contributed by atoms with van der Waals surface area (Å²) >= 11 is 0. The zero-order valence-electron chi connectivity index (χ0n) is 13.2. The Labute approximate surface area is 139 Å². The molecule has 5 heteroatoms. The van der Waals surface area contributed by atoms with Crippen LogP contribution in [0.5, 0.6) is 0 Å². The zero-order valence-corrected chi connectivity index (χ0v) is 13.2. The summed E-state index contributed by atoms with van der Waals surface area (Å²) in [6, 6.07) is 14.1. The molecule has 1 aliphatic heterocycles. The third-order valence-electron chi connectivity index (χ3n) is 4.54. The van der Waals surface area contributed by atoms with Crippen LogP contribution in [0.15, 0.2) is 48.5 Å². The molecule has 1 atom stereocenters. The van der Waals surface area contributed by atoms with Crippen molar-refractivity contribution in [3.63, 3.8) is 0 Å². The molecule has 0 spiro atoms. The molecule has 1 aliphatic rings. The Kier molecular flexibility index (Phi) is 3.76. The van der Waals surface area contributed by atoms with Gasteiger partial charge in [0.15, 0.2) is 0 Å². The number of carbonyl (C=O) groups excluding carboxylic acids is 1. The smallest absolute Gasteiger partial charge is 0.227 e. The van der Waals surface area contributed by atoms with Crippen LogP contribution in [0.4, 0.5) is 4.39 Å². The number of carbonyl (C=O) groups is 1. The van der Waals surface area contributed by atoms with E-state index < -0.39 is 0 Å². The lowest BCUT2D eigenvalue weighted by Crippen LogP contribution is -2.32. The lowest BCUT2D eigenvalue weighted by Gasteiger charge is -2.23.